The highest BCUT2D eigenvalue weighted by Crippen LogP contribution is 2.44. The topological polar surface area (TPSA) is 45.2 Å². The lowest BCUT2D eigenvalue weighted by Gasteiger charge is -2.44. The van der Waals surface area contributed by atoms with Crippen molar-refractivity contribution in [3.8, 4) is 0 Å². The number of fused-ring (bicyclic) bond motifs is 2. The molecule has 3 aliphatic rings. The molecule has 7 heteroatoms. The predicted molar refractivity (Wildman–Crippen MR) is 127 cm³/mol. The predicted octanol–water partition coefficient (Wildman–Crippen LogP) is 6.06. The zero-order chi connectivity index (χ0) is 24.3. The van der Waals surface area contributed by atoms with Crippen molar-refractivity contribution < 1.29 is 18.0 Å². The summed E-state index contributed by atoms with van der Waals surface area (Å²) >= 11 is 0. The number of pyridine rings is 1. The van der Waals surface area contributed by atoms with Crippen LogP contribution in [0.25, 0.3) is 0 Å². The largest absolute Gasteiger partial charge is 0.433 e. The first-order chi connectivity index (χ1) is 16.3. The first-order valence-corrected chi connectivity index (χ1v) is 13.3. The number of alkyl halides is 3. The van der Waals surface area contributed by atoms with Gasteiger partial charge in [0.15, 0.2) is 0 Å². The molecule has 4 rings (SSSR count). The fraction of sp³-hybridized carbons (Fsp3) is 0.778. The summed E-state index contributed by atoms with van der Waals surface area (Å²) in [7, 11) is 0. The number of nitrogens with one attached hydrogen (secondary N) is 1. The number of carbonyl (C=O) groups excluding carboxylic acids is 1. The summed E-state index contributed by atoms with van der Waals surface area (Å²) in [5.74, 6) is 2.90. The van der Waals surface area contributed by atoms with Crippen LogP contribution in [0.5, 0.6) is 0 Å². The van der Waals surface area contributed by atoms with Crippen molar-refractivity contribution in [2.24, 2.45) is 29.6 Å². The minimum absolute atomic E-state index is 0.0251. The minimum atomic E-state index is -4.42. The highest BCUT2D eigenvalue weighted by Gasteiger charge is 2.39. The average molecular weight is 480 g/mol. The molecule has 5 atom stereocenters. The number of hydrogen-bond acceptors (Lipinski definition) is 3. The Bertz CT molecular complexity index is 822. The van der Waals surface area contributed by atoms with Crippen LogP contribution < -0.4 is 5.32 Å². The van der Waals surface area contributed by atoms with E-state index < -0.39 is 11.9 Å². The summed E-state index contributed by atoms with van der Waals surface area (Å²) < 4.78 is 38.9. The molecule has 1 saturated heterocycles. The van der Waals surface area contributed by atoms with E-state index >= 15 is 0 Å². The molecular weight excluding hydrogens is 439 g/mol. The molecule has 4 nitrogen and oxygen atoms in total. The van der Waals surface area contributed by atoms with Gasteiger partial charge in [-0.05, 0) is 100 Å². The number of likely N-dealkylation sites (tertiary alicyclic amines) is 1. The van der Waals surface area contributed by atoms with Crippen molar-refractivity contribution in [3.05, 3.63) is 29.6 Å². The highest BCUT2D eigenvalue weighted by molar-refractivity contribution is 5.79. The minimum Gasteiger partial charge on any atom is -0.353 e. The van der Waals surface area contributed by atoms with Gasteiger partial charge in [-0.25, -0.2) is 4.98 Å². The third kappa shape index (κ3) is 6.13. The molecular formula is C27H40F3N3O. The lowest BCUT2D eigenvalue weighted by atomic mass is 9.65. The van der Waals surface area contributed by atoms with Crippen molar-refractivity contribution in [1.82, 2.24) is 15.2 Å². The summed E-state index contributed by atoms with van der Waals surface area (Å²) in [4.78, 5) is 19.3. The van der Waals surface area contributed by atoms with E-state index in [0.29, 0.717) is 30.1 Å². The van der Waals surface area contributed by atoms with E-state index in [0.717, 1.165) is 56.7 Å². The number of halogens is 3. The van der Waals surface area contributed by atoms with Gasteiger partial charge >= 0.3 is 6.18 Å². The van der Waals surface area contributed by atoms with Gasteiger partial charge in [0.05, 0.1) is 5.69 Å². The van der Waals surface area contributed by atoms with E-state index in [9.17, 15) is 18.0 Å². The maximum absolute atomic E-state index is 13.3. The maximum Gasteiger partial charge on any atom is 0.433 e. The van der Waals surface area contributed by atoms with Crippen LogP contribution in [0.4, 0.5) is 13.2 Å². The van der Waals surface area contributed by atoms with Crippen LogP contribution in [0.1, 0.15) is 83.0 Å². The molecule has 190 valence electrons. The van der Waals surface area contributed by atoms with Gasteiger partial charge in [-0.2, -0.15) is 13.2 Å². The zero-order valence-corrected chi connectivity index (χ0v) is 20.6. The summed E-state index contributed by atoms with van der Waals surface area (Å²) in [5.41, 5.74) is -0.383. The number of piperidine rings is 1. The van der Waals surface area contributed by atoms with E-state index in [-0.39, 0.29) is 11.8 Å². The Morgan fingerprint density at radius 1 is 1.12 bits per heavy atom. The zero-order valence-electron chi connectivity index (χ0n) is 20.6. The molecule has 2 heterocycles. The van der Waals surface area contributed by atoms with Gasteiger partial charge in [0.2, 0.25) is 5.91 Å². The molecule has 0 aromatic carbocycles. The molecule has 0 radical (unpaired) electrons. The van der Waals surface area contributed by atoms with Gasteiger partial charge in [-0.1, -0.05) is 26.3 Å². The lowest BCUT2D eigenvalue weighted by molar-refractivity contribution is -0.141. The summed E-state index contributed by atoms with van der Waals surface area (Å²) in [6.07, 6.45) is 5.75. The molecule has 1 aromatic heterocycles. The molecule has 1 N–H and O–H groups in total. The normalized spacial score (nSPS) is 29.6. The Hall–Kier alpha value is -1.63. The van der Waals surface area contributed by atoms with E-state index in [1.54, 1.807) is 6.07 Å². The second-order valence-electron chi connectivity index (χ2n) is 10.9. The smallest absolute Gasteiger partial charge is 0.353 e. The standard InChI is InChI=1S/C27H40F3N3O/c1-3-18-14-19-8-9-24(21(15-18)16-19)32-26(34)23(4-2)20-10-12-33(13-11-20)17-22-6-5-7-25(31-22)27(28,29)30/h5-7,18-21,23-24H,3-4,8-17H2,1-2H3,(H,32,34). The van der Waals surface area contributed by atoms with Crippen LogP contribution in [-0.4, -0.2) is 34.9 Å². The van der Waals surface area contributed by atoms with Gasteiger partial charge in [-0.15, -0.1) is 0 Å². The van der Waals surface area contributed by atoms with Crippen LogP contribution in [0.2, 0.25) is 0 Å². The molecule has 1 aromatic rings. The Balaban J connectivity index is 1.28. The van der Waals surface area contributed by atoms with Crippen LogP contribution in [-0.2, 0) is 17.5 Å². The summed E-state index contributed by atoms with van der Waals surface area (Å²) in [6, 6.07) is 4.44. The molecule has 2 saturated carbocycles. The quantitative estimate of drug-likeness (QED) is 0.517. The van der Waals surface area contributed by atoms with Crippen molar-refractivity contribution in [2.75, 3.05) is 13.1 Å². The summed E-state index contributed by atoms with van der Waals surface area (Å²) in [5, 5.41) is 3.47. The highest BCUT2D eigenvalue weighted by atomic mass is 19.4. The molecule has 1 aliphatic heterocycles. The monoisotopic (exact) mass is 479 g/mol. The molecule has 34 heavy (non-hydrogen) atoms. The second kappa shape index (κ2) is 11.0. The number of nitrogens with zero attached hydrogens (tertiary/aromatic N) is 2. The van der Waals surface area contributed by atoms with Crippen LogP contribution >= 0.6 is 0 Å². The molecule has 2 aliphatic carbocycles. The third-order valence-electron chi connectivity index (χ3n) is 8.76. The van der Waals surface area contributed by atoms with Crippen molar-refractivity contribution in [2.45, 2.75) is 90.4 Å². The van der Waals surface area contributed by atoms with Crippen LogP contribution in [0, 0.1) is 29.6 Å². The molecule has 5 unspecified atom stereocenters. The third-order valence-corrected chi connectivity index (χ3v) is 8.76. The van der Waals surface area contributed by atoms with Gasteiger partial charge in [0.1, 0.15) is 5.69 Å². The molecule has 1 amide bonds. The first kappa shape index (κ1) is 25.5. The maximum atomic E-state index is 13.3. The number of amides is 1. The van der Waals surface area contributed by atoms with Gasteiger partial charge in [0.25, 0.3) is 0 Å². The fourth-order valence-electron chi connectivity index (χ4n) is 6.85. The van der Waals surface area contributed by atoms with E-state index in [4.69, 9.17) is 0 Å². The van der Waals surface area contributed by atoms with Crippen molar-refractivity contribution >= 4 is 5.91 Å². The SMILES string of the molecule is CCC1CC2CCC(NC(=O)C(CC)C3CCN(Cc4cccc(C(F)(F)F)n4)CC3)C(C1)C2. The van der Waals surface area contributed by atoms with Crippen molar-refractivity contribution in [3.63, 3.8) is 0 Å². The Labute approximate surface area is 202 Å². The van der Waals surface area contributed by atoms with Gasteiger partial charge in [0, 0.05) is 18.5 Å². The first-order valence-electron chi connectivity index (χ1n) is 13.3. The number of rotatable bonds is 7. The van der Waals surface area contributed by atoms with Gasteiger partial charge < -0.3 is 5.32 Å². The number of aromatic nitrogens is 1. The Kier molecular flexibility index (Phi) is 8.21. The Morgan fingerprint density at radius 3 is 2.56 bits per heavy atom. The number of carbonyl (C=O) groups is 1. The average Bonchev–Trinajstić information content (AvgIpc) is 2.82. The molecule has 2 bridgehead atoms. The fourth-order valence-corrected chi connectivity index (χ4v) is 6.85. The van der Waals surface area contributed by atoms with E-state index in [1.807, 2.05) is 0 Å². The second-order valence-corrected chi connectivity index (χ2v) is 10.9. The van der Waals surface area contributed by atoms with Crippen LogP contribution in [0.15, 0.2) is 18.2 Å². The van der Waals surface area contributed by atoms with Gasteiger partial charge in [-0.3, -0.25) is 9.69 Å². The van der Waals surface area contributed by atoms with Crippen molar-refractivity contribution in [1.29, 1.82) is 0 Å². The van der Waals surface area contributed by atoms with Crippen LogP contribution in [0.3, 0.4) is 0 Å². The summed E-state index contributed by atoms with van der Waals surface area (Å²) in [6.45, 7) is 6.40. The lowest BCUT2D eigenvalue weighted by Crippen LogP contribution is -2.49. The number of hydrogen-bond donors (Lipinski definition) is 1. The van der Waals surface area contributed by atoms with E-state index in [1.165, 1.54) is 38.2 Å². The van der Waals surface area contributed by atoms with E-state index in [2.05, 4.69) is 29.0 Å². The molecule has 3 fully saturated rings. The Morgan fingerprint density at radius 2 is 1.88 bits per heavy atom. The molecule has 0 spiro atoms.